The molecule has 0 spiro atoms. The van der Waals surface area contributed by atoms with Gasteiger partial charge in [0.25, 0.3) is 0 Å². The molecule has 104 valence electrons. The second-order valence-corrected chi connectivity index (χ2v) is 6.73. The molecule has 0 saturated heterocycles. The van der Waals surface area contributed by atoms with Crippen LogP contribution in [0.3, 0.4) is 0 Å². The van der Waals surface area contributed by atoms with Crippen molar-refractivity contribution >= 4 is 0 Å². The highest BCUT2D eigenvalue weighted by Gasteiger charge is 2.45. The van der Waals surface area contributed by atoms with E-state index in [-0.39, 0.29) is 23.0 Å². The zero-order chi connectivity index (χ0) is 13.9. The van der Waals surface area contributed by atoms with E-state index in [1.807, 2.05) is 0 Å². The molecule has 0 aliphatic rings. The summed E-state index contributed by atoms with van der Waals surface area (Å²) >= 11 is 0. The van der Waals surface area contributed by atoms with Crippen LogP contribution in [0, 0.1) is 16.7 Å². The Labute approximate surface area is 108 Å². The highest BCUT2D eigenvalue weighted by Crippen LogP contribution is 2.47. The van der Waals surface area contributed by atoms with Gasteiger partial charge < -0.3 is 9.47 Å². The standard InChI is InChI=1S/C15H32O2/c1-11(2)14(5,6)15(7,8)13(10-16-9)17-12(3)4/h11-13H,10H2,1-9H3. The topological polar surface area (TPSA) is 18.5 Å². The van der Waals surface area contributed by atoms with Crippen molar-refractivity contribution in [2.75, 3.05) is 13.7 Å². The van der Waals surface area contributed by atoms with E-state index in [0.29, 0.717) is 12.5 Å². The molecule has 0 aromatic rings. The predicted molar refractivity (Wildman–Crippen MR) is 74.3 cm³/mol. The Kier molecular flexibility index (Phi) is 6.16. The van der Waals surface area contributed by atoms with Gasteiger partial charge in [0.15, 0.2) is 0 Å². The molecule has 1 atom stereocenters. The van der Waals surface area contributed by atoms with E-state index in [9.17, 15) is 0 Å². The number of hydrogen-bond donors (Lipinski definition) is 0. The molecule has 0 aliphatic heterocycles. The lowest BCUT2D eigenvalue weighted by Crippen LogP contribution is -2.49. The number of rotatable bonds is 7. The smallest absolute Gasteiger partial charge is 0.0867 e. The fraction of sp³-hybridized carbons (Fsp3) is 1.00. The third-order valence-corrected chi connectivity index (χ3v) is 4.66. The van der Waals surface area contributed by atoms with E-state index in [1.54, 1.807) is 7.11 Å². The van der Waals surface area contributed by atoms with Crippen molar-refractivity contribution in [1.82, 2.24) is 0 Å². The molecular formula is C15H32O2. The van der Waals surface area contributed by atoms with Gasteiger partial charge in [-0.25, -0.2) is 0 Å². The summed E-state index contributed by atoms with van der Waals surface area (Å²) in [5, 5.41) is 0. The van der Waals surface area contributed by atoms with E-state index in [0.717, 1.165) is 0 Å². The molecule has 0 aliphatic carbocycles. The average molecular weight is 244 g/mol. The lowest BCUT2D eigenvalue weighted by molar-refractivity contribution is -0.139. The van der Waals surface area contributed by atoms with Gasteiger partial charge in [0.1, 0.15) is 0 Å². The van der Waals surface area contributed by atoms with E-state index < -0.39 is 0 Å². The highest BCUT2D eigenvalue weighted by atomic mass is 16.5. The monoisotopic (exact) mass is 244 g/mol. The van der Waals surface area contributed by atoms with Crippen molar-refractivity contribution in [3.8, 4) is 0 Å². The van der Waals surface area contributed by atoms with Gasteiger partial charge in [0, 0.05) is 7.11 Å². The van der Waals surface area contributed by atoms with Crippen LogP contribution in [0.1, 0.15) is 55.4 Å². The summed E-state index contributed by atoms with van der Waals surface area (Å²) in [6.45, 7) is 18.6. The SMILES string of the molecule is COCC(OC(C)C)C(C)(C)C(C)(C)C(C)C. The van der Waals surface area contributed by atoms with Gasteiger partial charge in [-0.05, 0) is 30.6 Å². The fourth-order valence-electron chi connectivity index (χ4n) is 2.06. The van der Waals surface area contributed by atoms with Crippen molar-refractivity contribution in [1.29, 1.82) is 0 Å². The Balaban J connectivity index is 5.05. The van der Waals surface area contributed by atoms with Crippen LogP contribution in [0.15, 0.2) is 0 Å². The lowest BCUT2D eigenvalue weighted by atomic mass is 9.59. The molecule has 17 heavy (non-hydrogen) atoms. The van der Waals surface area contributed by atoms with Crippen LogP contribution in [-0.2, 0) is 9.47 Å². The van der Waals surface area contributed by atoms with E-state index in [1.165, 1.54) is 0 Å². The minimum atomic E-state index is 0.0709. The second-order valence-electron chi connectivity index (χ2n) is 6.73. The maximum atomic E-state index is 6.07. The summed E-state index contributed by atoms with van der Waals surface area (Å²) < 4.78 is 11.4. The third-order valence-electron chi connectivity index (χ3n) is 4.66. The average Bonchev–Trinajstić information content (AvgIpc) is 2.15. The van der Waals surface area contributed by atoms with Gasteiger partial charge >= 0.3 is 0 Å². The first-order chi connectivity index (χ1) is 7.57. The summed E-state index contributed by atoms with van der Waals surface area (Å²) in [6.07, 6.45) is 0.363. The molecule has 2 heteroatoms. The maximum absolute atomic E-state index is 6.07. The number of methoxy groups -OCH3 is 1. The zero-order valence-electron chi connectivity index (χ0n) is 13.3. The Bertz CT molecular complexity index is 217. The van der Waals surface area contributed by atoms with Crippen LogP contribution in [-0.4, -0.2) is 25.9 Å². The van der Waals surface area contributed by atoms with Crippen molar-refractivity contribution in [3.05, 3.63) is 0 Å². The largest absolute Gasteiger partial charge is 0.382 e. The predicted octanol–water partition coefficient (Wildman–Crippen LogP) is 4.13. The van der Waals surface area contributed by atoms with Gasteiger partial charge in [0.05, 0.1) is 18.8 Å². The minimum Gasteiger partial charge on any atom is -0.382 e. The first-order valence-electron chi connectivity index (χ1n) is 6.71. The first kappa shape index (κ1) is 16.9. The molecular weight excluding hydrogens is 212 g/mol. The molecule has 0 fully saturated rings. The summed E-state index contributed by atoms with van der Waals surface area (Å²) in [5.74, 6) is 0.604. The van der Waals surface area contributed by atoms with Gasteiger partial charge in [-0.1, -0.05) is 41.5 Å². The van der Waals surface area contributed by atoms with Crippen molar-refractivity contribution in [3.63, 3.8) is 0 Å². The molecule has 0 heterocycles. The molecule has 0 saturated carbocycles. The molecule has 0 aromatic heterocycles. The molecule has 1 unspecified atom stereocenters. The summed E-state index contributed by atoms with van der Waals surface area (Å²) in [5.41, 5.74) is 0.270. The van der Waals surface area contributed by atoms with Gasteiger partial charge in [-0.2, -0.15) is 0 Å². The Morgan fingerprint density at radius 1 is 0.882 bits per heavy atom. The molecule has 2 nitrogen and oxygen atoms in total. The van der Waals surface area contributed by atoms with Crippen LogP contribution < -0.4 is 0 Å². The first-order valence-corrected chi connectivity index (χ1v) is 6.71. The zero-order valence-corrected chi connectivity index (χ0v) is 13.3. The van der Waals surface area contributed by atoms with Crippen LogP contribution in [0.5, 0.6) is 0 Å². The number of hydrogen-bond acceptors (Lipinski definition) is 2. The van der Waals surface area contributed by atoms with Crippen molar-refractivity contribution in [2.45, 2.75) is 67.6 Å². The van der Waals surface area contributed by atoms with E-state index in [2.05, 4.69) is 55.4 Å². The molecule has 0 N–H and O–H groups in total. The second kappa shape index (κ2) is 6.19. The molecule has 0 bridgehead atoms. The van der Waals surface area contributed by atoms with Gasteiger partial charge in [-0.15, -0.1) is 0 Å². The van der Waals surface area contributed by atoms with Crippen molar-refractivity contribution in [2.24, 2.45) is 16.7 Å². The van der Waals surface area contributed by atoms with E-state index >= 15 is 0 Å². The molecule has 0 aromatic carbocycles. The van der Waals surface area contributed by atoms with Crippen LogP contribution in [0.2, 0.25) is 0 Å². The molecule has 0 rings (SSSR count). The van der Waals surface area contributed by atoms with Crippen molar-refractivity contribution < 1.29 is 9.47 Å². The normalized spacial score (nSPS) is 15.7. The van der Waals surface area contributed by atoms with E-state index in [4.69, 9.17) is 9.47 Å². The highest BCUT2D eigenvalue weighted by molar-refractivity contribution is 4.94. The van der Waals surface area contributed by atoms with Gasteiger partial charge in [0.2, 0.25) is 0 Å². The van der Waals surface area contributed by atoms with Gasteiger partial charge in [-0.3, -0.25) is 0 Å². The van der Waals surface area contributed by atoms with Crippen LogP contribution in [0.25, 0.3) is 0 Å². The van der Waals surface area contributed by atoms with Crippen LogP contribution >= 0.6 is 0 Å². The lowest BCUT2D eigenvalue weighted by Gasteiger charge is -2.49. The summed E-state index contributed by atoms with van der Waals surface area (Å²) in [4.78, 5) is 0. The minimum absolute atomic E-state index is 0.0709. The molecule has 0 amide bonds. The quantitative estimate of drug-likeness (QED) is 0.670. The summed E-state index contributed by atoms with van der Waals surface area (Å²) in [6, 6.07) is 0. The fourth-order valence-corrected chi connectivity index (χ4v) is 2.06. The summed E-state index contributed by atoms with van der Waals surface area (Å²) in [7, 11) is 1.75. The molecule has 0 radical (unpaired) electrons. The third kappa shape index (κ3) is 3.96. The number of ether oxygens (including phenoxy) is 2. The Hall–Kier alpha value is -0.0800. The van der Waals surface area contributed by atoms with Crippen LogP contribution in [0.4, 0.5) is 0 Å². The maximum Gasteiger partial charge on any atom is 0.0867 e. The Morgan fingerprint density at radius 3 is 1.65 bits per heavy atom. The Morgan fingerprint density at radius 2 is 1.35 bits per heavy atom.